The number of aromatic nitrogens is 2. The van der Waals surface area contributed by atoms with Gasteiger partial charge in [0.1, 0.15) is 11.5 Å². The van der Waals surface area contributed by atoms with E-state index in [-0.39, 0.29) is 5.56 Å². The highest BCUT2D eigenvalue weighted by Gasteiger charge is 2.29. The maximum absolute atomic E-state index is 12.0. The Labute approximate surface area is 126 Å². The zero-order valence-electron chi connectivity index (χ0n) is 11.9. The SMILES string of the molecule is CC(C)CCN1CN(CCCBr)c2c1[nH]c(=O)[nH]c2=O. The highest BCUT2D eigenvalue weighted by atomic mass is 79.9. The first kappa shape index (κ1) is 15.2. The first-order chi connectivity index (χ1) is 9.52. The quantitative estimate of drug-likeness (QED) is 0.766. The number of anilines is 2. The van der Waals surface area contributed by atoms with Gasteiger partial charge in [-0.1, -0.05) is 29.8 Å². The summed E-state index contributed by atoms with van der Waals surface area (Å²) >= 11 is 3.41. The summed E-state index contributed by atoms with van der Waals surface area (Å²) in [4.78, 5) is 32.7. The topological polar surface area (TPSA) is 72.2 Å². The lowest BCUT2D eigenvalue weighted by molar-refractivity contribution is 0.572. The third kappa shape index (κ3) is 3.26. The molecule has 0 saturated heterocycles. The summed E-state index contributed by atoms with van der Waals surface area (Å²) in [5, 5.41) is 0.895. The molecule has 0 bridgehead atoms. The Bertz CT molecular complexity index is 566. The Morgan fingerprint density at radius 2 is 1.95 bits per heavy atom. The number of rotatable bonds is 6. The smallest absolute Gasteiger partial charge is 0.327 e. The normalized spacial score (nSPS) is 14.2. The van der Waals surface area contributed by atoms with Crippen molar-refractivity contribution < 1.29 is 0 Å². The molecule has 0 saturated carbocycles. The third-order valence-electron chi connectivity index (χ3n) is 3.41. The van der Waals surface area contributed by atoms with Crippen molar-refractivity contribution in [3.05, 3.63) is 20.8 Å². The summed E-state index contributed by atoms with van der Waals surface area (Å²) in [7, 11) is 0. The molecule has 1 aliphatic rings. The van der Waals surface area contributed by atoms with Gasteiger partial charge >= 0.3 is 5.69 Å². The summed E-state index contributed by atoms with van der Waals surface area (Å²) in [6.45, 7) is 6.64. The zero-order chi connectivity index (χ0) is 14.7. The number of hydrogen-bond donors (Lipinski definition) is 2. The highest BCUT2D eigenvalue weighted by Crippen LogP contribution is 2.29. The fourth-order valence-corrected chi connectivity index (χ4v) is 2.62. The van der Waals surface area contributed by atoms with Crippen LogP contribution in [0.1, 0.15) is 26.7 Å². The summed E-state index contributed by atoms with van der Waals surface area (Å²) < 4.78 is 0. The van der Waals surface area contributed by atoms with Gasteiger partial charge in [0.2, 0.25) is 0 Å². The molecule has 1 aliphatic heterocycles. The van der Waals surface area contributed by atoms with Crippen molar-refractivity contribution in [2.75, 3.05) is 34.9 Å². The van der Waals surface area contributed by atoms with Gasteiger partial charge in [0.25, 0.3) is 5.56 Å². The fourth-order valence-electron chi connectivity index (χ4n) is 2.37. The molecule has 1 aromatic rings. The molecule has 0 atom stereocenters. The van der Waals surface area contributed by atoms with E-state index >= 15 is 0 Å². The van der Waals surface area contributed by atoms with Gasteiger partial charge < -0.3 is 9.80 Å². The van der Waals surface area contributed by atoms with Crippen molar-refractivity contribution >= 4 is 27.4 Å². The van der Waals surface area contributed by atoms with Gasteiger partial charge in [-0.05, 0) is 18.8 Å². The molecule has 0 fully saturated rings. The Hall–Kier alpha value is -1.24. The van der Waals surface area contributed by atoms with Crippen LogP contribution >= 0.6 is 15.9 Å². The lowest BCUT2D eigenvalue weighted by Crippen LogP contribution is -2.33. The molecule has 2 rings (SSSR count). The second kappa shape index (κ2) is 6.47. The van der Waals surface area contributed by atoms with Gasteiger partial charge in [-0.3, -0.25) is 14.8 Å². The lowest BCUT2D eigenvalue weighted by atomic mass is 10.1. The number of aromatic amines is 2. The van der Waals surface area contributed by atoms with Gasteiger partial charge in [0.15, 0.2) is 0 Å². The van der Waals surface area contributed by atoms with Crippen molar-refractivity contribution in [2.24, 2.45) is 5.92 Å². The molecule has 20 heavy (non-hydrogen) atoms. The number of nitrogens with zero attached hydrogens (tertiary/aromatic N) is 2. The molecule has 2 heterocycles. The number of H-pyrrole nitrogens is 2. The molecule has 0 radical (unpaired) electrons. The minimum absolute atomic E-state index is 0.301. The summed E-state index contributed by atoms with van der Waals surface area (Å²) in [5.41, 5.74) is -0.148. The highest BCUT2D eigenvalue weighted by molar-refractivity contribution is 9.09. The van der Waals surface area contributed by atoms with E-state index in [1.54, 1.807) is 0 Å². The summed E-state index contributed by atoms with van der Waals surface area (Å²) in [5.74, 6) is 1.25. The maximum atomic E-state index is 12.0. The molecule has 112 valence electrons. The monoisotopic (exact) mass is 344 g/mol. The van der Waals surface area contributed by atoms with E-state index in [9.17, 15) is 9.59 Å². The van der Waals surface area contributed by atoms with Crippen molar-refractivity contribution in [1.82, 2.24) is 9.97 Å². The first-order valence-corrected chi connectivity index (χ1v) is 8.07. The Balaban J connectivity index is 2.28. The van der Waals surface area contributed by atoms with E-state index in [0.29, 0.717) is 24.1 Å². The van der Waals surface area contributed by atoms with Crippen LogP contribution in [0.15, 0.2) is 9.59 Å². The van der Waals surface area contributed by atoms with Crippen LogP contribution in [0.4, 0.5) is 11.5 Å². The van der Waals surface area contributed by atoms with Crippen LogP contribution in [-0.4, -0.2) is 35.1 Å². The first-order valence-electron chi connectivity index (χ1n) is 6.95. The molecule has 0 amide bonds. The van der Waals surface area contributed by atoms with E-state index in [4.69, 9.17) is 0 Å². The van der Waals surface area contributed by atoms with Crippen LogP contribution < -0.4 is 21.0 Å². The van der Waals surface area contributed by atoms with Gasteiger partial charge in [0.05, 0.1) is 6.67 Å². The molecule has 1 aromatic heterocycles. The van der Waals surface area contributed by atoms with Crippen LogP contribution in [0.2, 0.25) is 0 Å². The number of alkyl halides is 1. The molecular weight excluding hydrogens is 324 g/mol. The van der Waals surface area contributed by atoms with Gasteiger partial charge in [-0.15, -0.1) is 0 Å². The van der Waals surface area contributed by atoms with Gasteiger partial charge in [-0.25, -0.2) is 4.79 Å². The third-order valence-corrected chi connectivity index (χ3v) is 3.97. The maximum Gasteiger partial charge on any atom is 0.327 e. The van der Waals surface area contributed by atoms with Crippen molar-refractivity contribution in [3.63, 3.8) is 0 Å². The molecule has 0 unspecified atom stereocenters. The standard InChI is InChI=1S/C13H21BrN4O2/c1-9(2)4-7-18-8-17(6-3-5-14)10-11(18)15-13(20)16-12(10)19/h9H,3-8H2,1-2H3,(H2,15,16,19,20). The molecule has 2 N–H and O–H groups in total. The van der Waals surface area contributed by atoms with E-state index in [2.05, 4.69) is 44.6 Å². The molecule has 0 aromatic carbocycles. The minimum atomic E-state index is -0.439. The van der Waals surface area contributed by atoms with E-state index in [1.807, 2.05) is 4.90 Å². The molecular formula is C13H21BrN4O2. The predicted molar refractivity (Wildman–Crippen MR) is 85.1 cm³/mol. The number of halogens is 1. The van der Waals surface area contributed by atoms with Crippen LogP contribution in [0.25, 0.3) is 0 Å². The largest absolute Gasteiger partial charge is 0.346 e. The van der Waals surface area contributed by atoms with Gasteiger partial charge in [-0.2, -0.15) is 0 Å². The number of nitrogens with one attached hydrogen (secondary N) is 2. The average molecular weight is 345 g/mol. The predicted octanol–water partition coefficient (Wildman–Crippen LogP) is 1.48. The number of hydrogen-bond acceptors (Lipinski definition) is 4. The van der Waals surface area contributed by atoms with Crippen LogP contribution in [-0.2, 0) is 0 Å². The molecule has 7 heteroatoms. The Morgan fingerprint density at radius 1 is 1.20 bits per heavy atom. The van der Waals surface area contributed by atoms with Crippen molar-refractivity contribution in [2.45, 2.75) is 26.7 Å². The number of fused-ring (bicyclic) bond motifs is 1. The second-order valence-electron chi connectivity index (χ2n) is 5.50. The van der Waals surface area contributed by atoms with Crippen LogP contribution in [0.3, 0.4) is 0 Å². The summed E-state index contributed by atoms with van der Waals surface area (Å²) in [6, 6.07) is 0. The van der Waals surface area contributed by atoms with Crippen molar-refractivity contribution in [1.29, 1.82) is 0 Å². The molecule has 6 nitrogen and oxygen atoms in total. The van der Waals surface area contributed by atoms with Crippen LogP contribution in [0.5, 0.6) is 0 Å². The van der Waals surface area contributed by atoms with E-state index in [0.717, 1.165) is 31.3 Å². The minimum Gasteiger partial charge on any atom is -0.346 e. The average Bonchev–Trinajstić information content (AvgIpc) is 2.72. The zero-order valence-corrected chi connectivity index (χ0v) is 13.5. The molecule has 0 aliphatic carbocycles. The van der Waals surface area contributed by atoms with E-state index < -0.39 is 5.69 Å². The second-order valence-corrected chi connectivity index (χ2v) is 6.29. The summed E-state index contributed by atoms with van der Waals surface area (Å²) in [6.07, 6.45) is 1.98. The van der Waals surface area contributed by atoms with E-state index in [1.165, 1.54) is 0 Å². The van der Waals surface area contributed by atoms with Gasteiger partial charge in [0, 0.05) is 18.4 Å². The molecule has 0 spiro atoms. The fraction of sp³-hybridized carbons (Fsp3) is 0.692. The Morgan fingerprint density at radius 3 is 2.60 bits per heavy atom. The Kier molecular flexibility index (Phi) is 4.91. The van der Waals surface area contributed by atoms with Crippen LogP contribution in [0, 0.1) is 5.92 Å². The lowest BCUT2D eigenvalue weighted by Gasteiger charge is -2.21. The van der Waals surface area contributed by atoms with Crippen molar-refractivity contribution in [3.8, 4) is 0 Å².